The molecular formula is C28H39N. The number of hydrogen-bond acceptors (Lipinski definition) is 1. The fraction of sp³-hybridized carbons (Fsp3) is 0.286. The maximum absolute atomic E-state index is 3.59. The molecule has 0 aliphatic heterocycles. The first-order chi connectivity index (χ1) is 14.4. The summed E-state index contributed by atoms with van der Waals surface area (Å²) in [6.45, 7) is 16.0. The highest BCUT2D eigenvalue weighted by atomic mass is 14.9. The minimum atomic E-state index is 1.14. The van der Waals surface area contributed by atoms with Gasteiger partial charge in [0.15, 0.2) is 0 Å². The molecule has 0 atom stereocenters. The van der Waals surface area contributed by atoms with Crippen molar-refractivity contribution < 1.29 is 0 Å². The third kappa shape index (κ3) is 7.27. The van der Waals surface area contributed by atoms with Crippen LogP contribution in [0.3, 0.4) is 0 Å². The summed E-state index contributed by atoms with van der Waals surface area (Å²) in [5.74, 6) is 0. The Morgan fingerprint density at radius 1 is 0.379 bits per heavy atom. The van der Waals surface area contributed by atoms with Crippen molar-refractivity contribution in [2.75, 3.05) is 5.32 Å². The van der Waals surface area contributed by atoms with Crippen LogP contribution in [0.5, 0.6) is 0 Å². The second kappa shape index (κ2) is 16.2. The normalized spacial score (nSPS) is 8.69. The number of rotatable bonds is 2. The Balaban J connectivity index is 0.000000881. The molecule has 0 heterocycles. The van der Waals surface area contributed by atoms with Gasteiger partial charge in [0.05, 0.1) is 0 Å². The number of fused-ring (bicyclic) bond motifs is 2. The lowest BCUT2D eigenvalue weighted by Gasteiger charge is -2.12. The van der Waals surface area contributed by atoms with E-state index in [1.807, 2.05) is 55.4 Å². The van der Waals surface area contributed by atoms with Crippen LogP contribution < -0.4 is 5.32 Å². The van der Waals surface area contributed by atoms with E-state index in [4.69, 9.17) is 0 Å². The Morgan fingerprint density at radius 3 is 1.07 bits per heavy atom. The van der Waals surface area contributed by atoms with E-state index in [-0.39, 0.29) is 0 Å². The van der Waals surface area contributed by atoms with Crippen molar-refractivity contribution in [3.63, 3.8) is 0 Å². The molecule has 0 amide bonds. The average molecular weight is 390 g/mol. The van der Waals surface area contributed by atoms with Gasteiger partial charge < -0.3 is 5.32 Å². The molecule has 1 nitrogen and oxygen atoms in total. The zero-order chi connectivity index (χ0) is 22.1. The van der Waals surface area contributed by atoms with Gasteiger partial charge in [-0.25, -0.2) is 0 Å². The summed E-state index contributed by atoms with van der Waals surface area (Å²) in [6, 6.07) is 29.6. The predicted octanol–water partition coefficient (Wildman–Crippen LogP) is 9.84. The zero-order valence-electron chi connectivity index (χ0n) is 19.6. The molecule has 0 saturated carbocycles. The highest BCUT2D eigenvalue weighted by Crippen LogP contribution is 2.30. The SMILES string of the molecule is CC.CC.CC.CC.c1ccc2c(Nc3cccc4ccccc34)cccc2c1. The van der Waals surface area contributed by atoms with Gasteiger partial charge in [0.1, 0.15) is 0 Å². The van der Waals surface area contributed by atoms with E-state index in [1.165, 1.54) is 21.5 Å². The molecule has 0 aromatic heterocycles. The van der Waals surface area contributed by atoms with Gasteiger partial charge in [0, 0.05) is 22.1 Å². The zero-order valence-corrected chi connectivity index (χ0v) is 19.6. The molecule has 29 heavy (non-hydrogen) atoms. The first kappa shape index (κ1) is 26.2. The van der Waals surface area contributed by atoms with Crippen molar-refractivity contribution in [2.24, 2.45) is 0 Å². The highest BCUT2D eigenvalue weighted by Gasteiger charge is 2.03. The van der Waals surface area contributed by atoms with Crippen LogP contribution >= 0.6 is 0 Å². The van der Waals surface area contributed by atoms with Crippen LogP contribution in [0.4, 0.5) is 11.4 Å². The van der Waals surface area contributed by atoms with Crippen LogP contribution in [0.2, 0.25) is 0 Å². The van der Waals surface area contributed by atoms with Gasteiger partial charge in [-0.15, -0.1) is 0 Å². The molecule has 4 rings (SSSR count). The van der Waals surface area contributed by atoms with Crippen molar-refractivity contribution in [1.82, 2.24) is 0 Å². The Hall–Kier alpha value is -2.80. The fourth-order valence-electron chi connectivity index (χ4n) is 2.81. The Morgan fingerprint density at radius 2 is 0.690 bits per heavy atom. The molecule has 0 radical (unpaired) electrons. The number of hydrogen-bond donors (Lipinski definition) is 1. The van der Waals surface area contributed by atoms with E-state index in [0.29, 0.717) is 0 Å². The molecule has 1 N–H and O–H groups in total. The summed E-state index contributed by atoms with van der Waals surface area (Å²) in [5.41, 5.74) is 2.29. The second-order valence-corrected chi connectivity index (χ2v) is 5.18. The second-order valence-electron chi connectivity index (χ2n) is 5.18. The maximum atomic E-state index is 3.59. The summed E-state index contributed by atoms with van der Waals surface area (Å²) in [6.07, 6.45) is 0. The topological polar surface area (TPSA) is 12.0 Å². The van der Waals surface area contributed by atoms with Crippen LogP contribution in [0.15, 0.2) is 84.9 Å². The summed E-state index contributed by atoms with van der Waals surface area (Å²) in [7, 11) is 0. The van der Waals surface area contributed by atoms with Gasteiger partial charge in [0.25, 0.3) is 0 Å². The predicted molar refractivity (Wildman–Crippen MR) is 137 cm³/mol. The summed E-state index contributed by atoms with van der Waals surface area (Å²) < 4.78 is 0. The van der Waals surface area contributed by atoms with E-state index in [2.05, 4.69) is 90.2 Å². The molecule has 0 spiro atoms. The number of anilines is 2. The van der Waals surface area contributed by atoms with Crippen molar-refractivity contribution in [3.05, 3.63) is 84.9 Å². The molecule has 156 valence electrons. The van der Waals surface area contributed by atoms with E-state index in [0.717, 1.165) is 11.4 Å². The van der Waals surface area contributed by atoms with Gasteiger partial charge in [-0.05, 0) is 22.9 Å². The molecule has 0 unspecified atom stereocenters. The molecule has 1 heteroatoms. The lowest BCUT2D eigenvalue weighted by molar-refractivity contribution is 1.50. The lowest BCUT2D eigenvalue weighted by atomic mass is 10.1. The number of benzene rings is 4. The van der Waals surface area contributed by atoms with Gasteiger partial charge in [-0.2, -0.15) is 0 Å². The largest absolute Gasteiger partial charge is 0.355 e. The molecule has 4 aromatic rings. The van der Waals surface area contributed by atoms with E-state index in [1.54, 1.807) is 0 Å². The van der Waals surface area contributed by atoms with Gasteiger partial charge >= 0.3 is 0 Å². The quantitative estimate of drug-likeness (QED) is 0.359. The summed E-state index contributed by atoms with van der Waals surface area (Å²) in [4.78, 5) is 0. The smallest absolute Gasteiger partial charge is 0.0464 e. The molecule has 0 fully saturated rings. The minimum Gasteiger partial charge on any atom is -0.355 e. The van der Waals surface area contributed by atoms with Crippen molar-refractivity contribution >= 4 is 32.9 Å². The highest BCUT2D eigenvalue weighted by molar-refractivity contribution is 6.00. The molecule has 4 aromatic carbocycles. The Labute approximate surface area is 178 Å². The molecule has 0 aliphatic carbocycles. The Bertz CT molecular complexity index is 837. The first-order valence-electron chi connectivity index (χ1n) is 11.1. The maximum Gasteiger partial charge on any atom is 0.0464 e. The molecular weight excluding hydrogens is 350 g/mol. The standard InChI is InChI=1S/C20H15N.4C2H6/c1-3-11-17-15(7-1)9-5-13-19(17)21-20-14-6-10-16-8-2-4-12-18(16)20;4*1-2/h1-14,21H;4*1-2H3. The van der Waals surface area contributed by atoms with Crippen LogP contribution in [0, 0.1) is 0 Å². The van der Waals surface area contributed by atoms with Crippen molar-refractivity contribution in [3.8, 4) is 0 Å². The number of nitrogens with one attached hydrogen (secondary N) is 1. The van der Waals surface area contributed by atoms with Crippen LogP contribution in [-0.4, -0.2) is 0 Å². The third-order valence-electron chi connectivity index (χ3n) is 3.85. The van der Waals surface area contributed by atoms with Crippen LogP contribution in [0.25, 0.3) is 21.5 Å². The van der Waals surface area contributed by atoms with Gasteiger partial charge in [0.2, 0.25) is 0 Å². The fourth-order valence-corrected chi connectivity index (χ4v) is 2.81. The first-order valence-corrected chi connectivity index (χ1v) is 11.1. The van der Waals surface area contributed by atoms with Crippen molar-refractivity contribution in [1.29, 1.82) is 0 Å². The lowest BCUT2D eigenvalue weighted by Crippen LogP contribution is -1.92. The minimum absolute atomic E-state index is 1.14. The summed E-state index contributed by atoms with van der Waals surface area (Å²) >= 11 is 0. The monoisotopic (exact) mass is 389 g/mol. The van der Waals surface area contributed by atoms with E-state index >= 15 is 0 Å². The van der Waals surface area contributed by atoms with Crippen LogP contribution in [0.1, 0.15) is 55.4 Å². The Kier molecular flexibility index (Phi) is 14.6. The van der Waals surface area contributed by atoms with Crippen molar-refractivity contribution in [2.45, 2.75) is 55.4 Å². The molecule has 0 saturated heterocycles. The van der Waals surface area contributed by atoms with Gasteiger partial charge in [-0.3, -0.25) is 0 Å². The summed E-state index contributed by atoms with van der Waals surface area (Å²) in [5, 5.41) is 8.58. The van der Waals surface area contributed by atoms with Gasteiger partial charge in [-0.1, -0.05) is 128 Å². The third-order valence-corrected chi connectivity index (χ3v) is 3.85. The van der Waals surface area contributed by atoms with E-state index in [9.17, 15) is 0 Å². The average Bonchev–Trinajstić information content (AvgIpc) is 2.85. The van der Waals surface area contributed by atoms with Crippen LogP contribution in [-0.2, 0) is 0 Å². The molecule has 0 bridgehead atoms. The molecule has 0 aliphatic rings. The van der Waals surface area contributed by atoms with E-state index < -0.39 is 0 Å².